The minimum absolute atomic E-state index is 0.127. The van der Waals surface area contributed by atoms with Gasteiger partial charge in [-0.25, -0.2) is 4.98 Å². The van der Waals surface area contributed by atoms with Crippen LogP contribution in [0.2, 0.25) is 0 Å². The van der Waals surface area contributed by atoms with Gasteiger partial charge in [0.1, 0.15) is 12.3 Å². The first-order valence-corrected chi connectivity index (χ1v) is 6.32. The third-order valence-electron chi connectivity index (χ3n) is 3.84. The van der Waals surface area contributed by atoms with Gasteiger partial charge in [-0.05, 0) is 36.3 Å². The van der Waals surface area contributed by atoms with Gasteiger partial charge in [-0.1, -0.05) is 20.8 Å². The van der Waals surface area contributed by atoms with Crippen LogP contribution in [0.3, 0.4) is 0 Å². The molecule has 2 heterocycles. The number of nitrogens with one attached hydrogen (secondary N) is 1. The molecule has 1 aliphatic carbocycles. The summed E-state index contributed by atoms with van der Waals surface area (Å²) in [5, 5.41) is 3.64. The SMILES string of the molecule is Cc1c(C(C)(C)C)cnc2c1NC1(CC1)CO2. The van der Waals surface area contributed by atoms with E-state index in [0.29, 0.717) is 0 Å². The van der Waals surface area contributed by atoms with Crippen LogP contribution in [-0.4, -0.2) is 17.1 Å². The standard InChI is InChI=1S/C14H20N2O/c1-9-10(13(2,3)4)7-15-12-11(9)16-14(5-6-14)8-17-12/h7,16H,5-6,8H2,1-4H3. The average molecular weight is 232 g/mol. The maximum atomic E-state index is 5.78. The van der Waals surface area contributed by atoms with E-state index in [1.54, 1.807) is 0 Å². The Hall–Kier alpha value is -1.25. The second-order valence-corrected chi connectivity index (χ2v) is 6.42. The monoisotopic (exact) mass is 232 g/mol. The Morgan fingerprint density at radius 3 is 2.65 bits per heavy atom. The molecule has 0 bridgehead atoms. The molecule has 1 spiro atoms. The molecule has 17 heavy (non-hydrogen) atoms. The van der Waals surface area contributed by atoms with Crippen LogP contribution in [0.5, 0.6) is 5.88 Å². The van der Waals surface area contributed by atoms with Gasteiger partial charge in [0.2, 0.25) is 5.88 Å². The Kier molecular flexibility index (Phi) is 2.02. The number of anilines is 1. The lowest BCUT2D eigenvalue weighted by molar-refractivity contribution is 0.264. The lowest BCUT2D eigenvalue weighted by Gasteiger charge is -2.31. The van der Waals surface area contributed by atoms with Crippen LogP contribution in [0.15, 0.2) is 6.20 Å². The zero-order chi connectivity index (χ0) is 12.3. The molecule has 1 saturated carbocycles. The van der Waals surface area contributed by atoms with Crippen molar-refractivity contribution in [3.05, 3.63) is 17.3 Å². The molecule has 0 saturated heterocycles. The van der Waals surface area contributed by atoms with E-state index in [-0.39, 0.29) is 11.0 Å². The number of aromatic nitrogens is 1. The number of hydrogen-bond acceptors (Lipinski definition) is 3. The predicted molar refractivity (Wildman–Crippen MR) is 68.8 cm³/mol. The summed E-state index contributed by atoms with van der Waals surface area (Å²) in [6.45, 7) is 9.60. The highest BCUT2D eigenvalue weighted by Crippen LogP contribution is 2.46. The molecule has 3 nitrogen and oxygen atoms in total. The molecule has 2 aliphatic rings. The normalized spacial score (nSPS) is 20.5. The van der Waals surface area contributed by atoms with E-state index in [1.807, 2.05) is 6.20 Å². The van der Waals surface area contributed by atoms with E-state index in [4.69, 9.17) is 4.74 Å². The number of hydrogen-bond donors (Lipinski definition) is 1. The first kappa shape index (κ1) is 10.9. The molecule has 0 atom stereocenters. The largest absolute Gasteiger partial charge is 0.474 e. The number of nitrogens with zero attached hydrogens (tertiary/aromatic N) is 1. The highest BCUT2D eigenvalue weighted by atomic mass is 16.5. The van der Waals surface area contributed by atoms with Crippen molar-refractivity contribution in [2.45, 2.75) is 51.5 Å². The van der Waals surface area contributed by atoms with Crippen molar-refractivity contribution in [1.29, 1.82) is 0 Å². The molecule has 0 unspecified atom stereocenters. The summed E-state index contributed by atoms with van der Waals surface area (Å²) in [6.07, 6.45) is 4.39. The van der Waals surface area contributed by atoms with Gasteiger partial charge < -0.3 is 10.1 Å². The van der Waals surface area contributed by atoms with Crippen LogP contribution in [0.25, 0.3) is 0 Å². The van der Waals surface area contributed by atoms with Crippen LogP contribution < -0.4 is 10.1 Å². The Balaban J connectivity index is 2.07. The number of pyridine rings is 1. The van der Waals surface area contributed by atoms with E-state index >= 15 is 0 Å². The van der Waals surface area contributed by atoms with Gasteiger partial charge in [-0.15, -0.1) is 0 Å². The van der Waals surface area contributed by atoms with Crippen molar-refractivity contribution >= 4 is 5.69 Å². The van der Waals surface area contributed by atoms with Gasteiger partial charge in [-0.2, -0.15) is 0 Å². The number of ether oxygens (including phenoxy) is 1. The lowest BCUT2D eigenvalue weighted by Crippen LogP contribution is -2.34. The minimum atomic E-state index is 0.127. The van der Waals surface area contributed by atoms with Crippen molar-refractivity contribution in [3.63, 3.8) is 0 Å². The van der Waals surface area contributed by atoms with Crippen molar-refractivity contribution in [2.75, 3.05) is 11.9 Å². The quantitative estimate of drug-likeness (QED) is 0.746. The smallest absolute Gasteiger partial charge is 0.237 e. The zero-order valence-corrected chi connectivity index (χ0v) is 11.1. The van der Waals surface area contributed by atoms with E-state index in [9.17, 15) is 0 Å². The molecular formula is C14H20N2O. The first-order chi connectivity index (χ1) is 7.91. The van der Waals surface area contributed by atoms with Crippen LogP contribution in [-0.2, 0) is 5.41 Å². The van der Waals surface area contributed by atoms with Crippen molar-refractivity contribution in [1.82, 2.24) is 4.98 Å². The molecule has 1 aromatic rings. The topological polar surface area (TPSA) is 34.2 Å². The summed E-state index contributed by atoms with van der Waals surface area (Å²) in [4.78, 5) is 4.46. The minimum Gasteiger partial charge on any atom is -0.474 e. The van der Waals surface area contributed by atoms with Crippen molar-refractivity contribution in [2.24, 2.45) is 0 Å². The predicted octanol–water partition coefficient (Wildman–Crippen LogP) is 3.02. The number of fused-ring (bicyclic) bond motifs is 1. The molecule has 1 fully saturated rings. The molecule has 0 radical (unpaired) electrons. The van der Waals surface area contributed by atoms with Gasteiger partial charge in [0.25, 0.3) is 0 Å². The molecule has 0 aromatic carbocycles. The zero-order valence-electron chi connectivity index (χ0n) is 11.1. The van der Waals surface area contributed by atoms with Gasteiger partial charge in [0.05, 0.1) is 5.54 Å². The second kappa shape index (κ2) is 3.15. The molecule has 1 aliphatic heterocycles. The summed E-state index contributed by atoms with van der Waals surface area (Å²) >= 11 is 0. The number of rotatable bonds is 0. The second-order valence-electron chi connectivity index (χ2n) is 6.42. The molecule has 0 amide bonds. The Morgan fingerprint density at radius 2 is 2.06 bits per heavy atom. The molecule has 1 aromatic heterocycles. The van der Waals surface area contributed by atoms with Gasteiger partial charge in [-0.3, -0.25) is 0 Å². The molecule has 3 rings (SSSR count). The Morgan fingerprint density at radius 1 is 1.35 bits per heavy atom. The van der Waals surface area contributed by atoms with Crippen LogP contribution in [0.1, 0.15) is 44.7 Å². The summed E-state index contributed by atoms with van der Waals surface area (Å²) in [6, 6.07) is 0. The molecule has 3 heteroatoms. The average Bonchev–Trinajstić information content (AvgIpc) is 2.98. The fraction of sp³-hybridized carbons (Fsp3) is 0.643. The van der Waals surface area contributed by atoms with Gasteiger partial charge in [0.15, 0.2) is 0 Å². The first-order valence-electron chi connectivity index (χ1n) is 6.32. The summed E-state index contributed by atoms with van der Waals surface area (Å²) in [5.74, 6) is 0.771. The van der Waals surface area contributed by atoms with Gasteiger partial charge in [0, 0.05) is 6.20 Å². The van der Waals surface area contributed by atoms with Crippen LogP contribution in [0.4, 0.5) is 5.69 Å². The van der Waals surface area contributed by atoms with Crippen LogP contribution >= 0.6 is 0 Å². The van der Waals surface area contributed by atoms with E-state index in [2.05, 4.69) is 38.0 Å². The van der Waals surface area contributed by atoms with Crippen molar-refractivity contribution < 1.29 is 4.74 Å². The maximum Gasteiger partial charge on any atom is 0.237 e. The van der Waals surface area contributed by atoms with E-state index < -0.39 is 0 Å². The maximum absolute atomic E-state index is 5.78. The summed E-state index contributed by atoms with van der Waals surface area (Å²) in [7, 11) is 0. The highest BCUT2D eigenvalue weighted by molar-refractivity contribution is 5.65. The third kappa shape index (κ3) is 1.68. The van der Waals surface area contributed by atoms with Crippen molar-refractivity contribution in [3.8, 4) is 5.88 Å². The summed E-state index contributed by atoms with van der Waals surface area (Å²) in [5.41, 5.74) is 4.04. The molecular weight excluding hydrogens is 212 g/mol. The van der Waals surface area contributed by atoms with Gasteiger partial charge >= 0.3 is 0 Å². The lowest BCUT2D eigenvalue weighted by atomic mass is 9.85. The van der Waals surface area contributed by atoms with E-state index in [1.165, 1.54) is 24.0 Å². The van der Waals surface area contributed by atoms with Crippen LogP contribution in [0, 0.1) is 6.92 Å². The fourth-order valence-corrected chi connectivity index (χ4v) is 2.52. The highest BCUT2D eigenvalue weighted by Gasteiger charge is 2.47. The fourth-order valence-electron chi connectivity index (χ4n) is 2.52. The Bertz CT molecular complexity index is 470. The molecule has 1 N–H and O–H groups in total. The molecule has 92 valence electrons. The van der Waals surface area contributed by atoms with E-state index in [0.717, 1.165) is 18.2 Å². The Labute approximate surface area is 103 Å². The third-order valence-corrected chi connectivity index (χ3v) is 3.84. The summed E-state index contributed by atoms with van der Waals surface area (Å²) < 4.78 is 5.78.